The van der Waals surface area contributed by atoms with Crippen LogP contribution in [0.5, 0.6) is 0 Å². The number of carbonyl (C=O) groups excluding carboxylic acids is 2. The van der Waals surface area contributed by atoms with Crippen LogP contribution >= 0.6 is 11.3 Å². The van der Waals surface area contributed by atoms with Crippen molar-refractivity contribution in [1.29, 1.82) is 0 Å². The van der Waals surface area contributed by atoms with Crippen molar-refractivity contribution in [1.82, 2.24) is 4.57 Å². The average Bonchev–Trinajstić information content (AvgIpc) is 3.02. The number of aromatic nitrogens is 1. The smallest absolute Gasteiger partial charge is 0.326 e. The molecule has 0 atom stereocenters. The second kappa shape index (κ2) is 9.27. The number of nitro benzene ring substituents is 1. The van der Waals surface area contributed by atoms with E-state index in [0.29, 0.717) is 10.4 Å². The maximum Gasteiger partial charge on any atom is 0.326 e. The predicted octanol–water partition coefficient (Wildman–Crippen LogP) is 3.62. The molecule has 30 heavy (non-hydrogen) atoms. The molecule has 0 saturated heterocycles. The molecule has 0 N–H and O–H groups in total. The van der Waals surface area contributed by atoms with E-state index in [2.05, 4.69) is 4.99 Å². The fourth-order valence-electron chi connectivity index (χ4n) is 2.80. The average molecular weight is 425 g/mol. The maximum absolute atomic E-state index is 12.4. The van der Waals surface area contributed by atoms with Crippen LogP contribution in [0.25, 0.3) is 16.3 Å². The molecule has 8 nitrogen and oxygen atoms in total. The highest BCUT2D eigenvalue weighted by Gasteiger charge is 2.12. The Morgan fingerprint density at radius 2 is 2.07 bits per heavy atom. The van der Waals surface area contributed by atoms with E-state index in [1.54, 1.807) is 23.6 Å². The van der Waals surface area contributed by atoms with Crippen LogP contribution in [0.3, 0.4) is 0 Å². The molecule has 0 aliphatic heterocycles. The summed E-state index contributed by atoms with van der Waals surface area (Å²) in [5, 5.41) is 10.9. The van der Waals surface area contributed by atoms with Gasteiger partial charge in [0.2, 0.25) is 0 Å². The summed E-state index contributed by atoms with van der Waals surface area (Å²) in [4.78, 5) is 39.3. The van der Waals surface area contributed by atoms with E-state index in [4.69, 9.17) is 4.74 Å². The number of carbonyl (C=O) groups is 2. The molecule has 0 spiro atoms. The lowest BCUT2D eigenvalue weighted by Crippen LogP contribution is -2.22. The molecule has 1 amide bonds. The van der Waals surface area contributed by atoms with E-state index in [1.807, 2.05) is 25.1 Å². The summed E-state index contributed by atoms with van der Waals surface area (Å²) in [6.07, 6.45) is 2.70. The summed E-state index contributed by atoms with van der Waals surface area (Å²) in [6.45, 7) is 3.89. The van der Waals surface area contributed by atoms with Crippen LogP contribution in [0.15, 0.2) is 53.5 Å². The number of esters is 1. The van der Waals surface area contributed by atoms with Crippen molar-refractivity contribution in [3.63, 3.8) is 0 Å². The third-order valence-electron chi connectivity index (χ3n) is 4.14. The van der Waals surface area contributed by atoms with Crippen LogP contribution in [-0.2, 0) is 20.9 Å². The number of nitrogens with zero attached hydrogens (tertiary/aromatic N) is 3. The van der Waals surface area contributed by atoms with Crippen molar-refractivity contribution in [3.8, 4) is 0 Å². The van der Waals surface area contributed by atoms with Gasteiger partial charge in [0.15, 0.2) is 4.80 Å². The zero-order valence-corrected chi connectivity index (χ0v) is 17.2. The van der Waals surface area contributed by atoms with E-state index in [-0.39, 0.29) is 18.8 Å². The molecular weight excluding hydrogens is 406 g/mol. The molecule has 0 bridgehead atoms. The largest absolute Gasteiger partial charge is 0.465 e. The monoisotopic (exact) mass is 425 g/mol. The minimum Gasteiger partial charge on any atom is -0.465 e. The van der Waals surface area contributed by atoms with Gasteiger partial charge in [-0.15, -0.1) is 0 Å². The second-order valence-corrected chi connectivity index (χ2v) is 7.39. The highest BCUT2D eigenvalue weighted by atomic mass is 32.1. The van der Waals surface area contributed by atoms with E-state index in [1.165, 1.54) is 35.6 Å². The lowest BCUT2D eigenvalue weighted by atomic mass is 10.2. The van der Waals surface area contributed by atoms with Crippen LogP contribution in [0.1, 0.15) is 18.1 Å². The van der Waals surface area contributed by atoms with Gasteiger partial charge in [-0.05, 0) is 43.2 Å². The van der Waals surface area contributed by atoms with Gasteiger partial charge in [0, 0.05) is 18.2 Å². The van der Waals surface area contributed by atoms with Crippen molar-refractivity contribution >= 4 is 45.2 Å². The van der Waals surface area contributed by atoms with Crippen molar-refractivity contribution in [2.24, 2.45) is 4.99 Å². The Morgan fingerprint density at radius 1 is 1.27 bits per heavy atom. The van der Waals surface area contributed by atoms with Gasteiger partial charge >= 0.3 is 5.97 Å². The summed E-state index contributed by atoms with van der Waals surface area (Å²) in [7, 11) is 0. The van der Waals surface area contributed by atoms with Crippen molar-refractivity contribution in [2.45, 2.75) is 20.4 Å². The molecule has 0 aliphatic carbocycles. The number of aryl methyl sites for hydroxylation is 1. The molecule has 0 saturated carbocycles. The Balaban J connectivity index is 1.95. The maximum atomic E-state index is 12.4. The number of nitro groups is 1. The van der Waals surface area contributed by atoms with Crippen molar-refractivity contribution in [3.05, 3.63) is 74.6 Å². The summed E-state index contributed by atoms with van der Waals surface area (Å²) >= 11 is 1.30. The molecule has 0 fully saturated rings. The van der Waals surface area contributed by atoms with Crippen LogP contribution in [0, 0.1) is 17.0 Å². The first-order valence-electron chi connectivity index (χ1n) is 9.14. The Morgan fingerprint density at radius 3 is 2.80 bits per heavy atom. The normalized spacial score (nSPS) is 11.9. The van der Waals surface area contributed by atoms with E-state index >= 15 is 0 Å². The third-order valence-corrected chi connectivity index (χ3v) is 5.18. The quantitative estimate of drug-likeness (QED) is 0.260. The van der Waals surface area contributed by atoms with Crippen LogP contribution in [0.4, 0.5) is 5.69 Å². The van der Waals surface area contributed by atoms with E-state index in [9.17, 15) is 19.7 Å². The predicted molar refractivity (Wildman–Crippen MR) is 114 cm³/mol. The third kappa shape index (κ3) is 5.06. The van der Waals surface area contributed by atoms with Crippen LogP contribution in [-0.4, -0.2) is 28.0 Å². The number of hydrogen-bond donors (Lipinski definition) is 0. The fourth-order valence-corrected chi connectivity index (χ4v) is 3.93. The standard InChI is InChI=1S/C21H19N3O5S/c1-3-29-20(26)13-23-17-9-7-14(2)11-18(17)30-21(23)22-19(25)10-8-15-5-4-6-16(12-15)24(27)28/h4-12H,3,13H2,1-2H3/b10-8+,22-21?. The lowest BCUT2D eigenvalue weighted by molar-refractivity contribution is -0.384. The SMILES string of the molecule is CCOC(=O)Cn1c(=NC(=O)/C=C/c2cccc([N+](=O)[O-])c2)sc2cc(C)ccc21. The Labute approximate surface area is 175 Å². The zero-order chi connectivity index (χ0) is 21.7. The van der Waals surface area contributed by atoms with E-state index in [0.717, 1.165) is 15.8 Å². The first kappa shape index (κ1) is 21.1. The first-order valence-corrected chi connectivity index (χ1v) is 9.96. The summed E-state index contributed by atoms with van der Waals surface area (Å²) in [6, 6.07) is 11.7. The number of rotatable bonds is 6. The van der Waals surface area contributed by atoms with Crippen LogP contribution < -0.4 is 4.80 Å². The number of fused-ring (bicyclic) bond motifs is 1. The lowest BCUT2D eigenvalue weighted by Gasteiger charge is -2.05. The van der Waals surface area contributed by atoms with Crippen molar-refractivity contribution < 1.29 is 19.2 Å². The summed E-state index contributed by atoms with van der Waals surface area (Å²) < 4.78 is 7.58. The highest BCUT2D eigenvalue weighted by molar-refractivity contribution is 7.16. The summed E-state index contributed by atoms with van der Waals surface area (Å²) in [5.41, 5.74) is 2.29. The topological polar surface area (TPSA) is 104 Å². The van der Waals surface area contributed by atoms with Gasteiger partial charge in [-0.25, -0.2) is 0 Å². The molecule has 154 valence electrons. The van der Waals surface area contributed by atoms with Gasteiger partial charge in [0.25, 0.3) is 11.6 Å². The molecule has 1 aromatic heterocycles. The molecular formula is C21H19N3O5S. The fraction of sp³-hybridized carbons (Fsp3) is 0.190. The first-order chi connectivity index (χ1) is 14.4. The van der Waals surface area contributed by atoms with Gasteiger partial charge in [0.05, 0.1) is 21.7 Å². The van der Waals surface area contributed by atoms with Crippen molar-refractivity contribution in [2.75, 3.05) is 6.61 Å². The number of ether oxygens (including phenoxy) is 1. The van der Waals surface area contributed by atoms with Gasteiger partial charge < -0.3 is 9.30 Å². The molecule has 2 aromatic carbocycles. The molecule has 0 unspecified atom stereocenters. The molecule has 9 heteroatoms. The van der Waals surface area contributed by atoms with Crippen LogP contribution in [0.2, 0.25) is 0 Å². The number of thiazole rings is 1. The number of amides is 1. The van der Waals surface area contributed by atoms with Gasteiger partial charge in [0.1, 0.15) is 6.54 Å². The Kier molecular flexibility index (Phi) is 6.53. The van der Waals surface area contributed by atoms with Gasteiger partial charge in [-0.3, -0.25) is 19.7 Å². The second-order valence-electron chi connectivity index (χ2n) is 6.38. The van der Waals surface area contributed by atoms with Gasteiger partial charge in [-0.2, -0.15) is 4.99 Å². The molecule has 3 aromatic rings. The Bertz CT molecular complexity index is 1220. The minimum atomic E-state index is -0.539. The number of hydrogen-bond acceptors (Lipinski definition) is 6. The minimum absolute atomic E-state index is 0.0579. The molecule has 3 rings (SSSR count). The Hall–Kier alpha value is -3.59. The number of benzene rings is 2. The van der Waals surface area contributed by atoms with E-state index < -0.39 is 16.8 Å². The molecule has 0 radical (unpaired) electrons. The van der Waals surface area contributed by atoms with Gasteiger partial charge in [-0.1, -0.05) is 29.5 Å². The molecule has 0 aliphatic rings. The highest BCUT2D eigenvalue weighted by Crippen LogP contribution is 2.19. The zero-order valence-electron chi connectivity index (χ0n) is 16.4. The summed E-state index contributed by atoms with van der Waals surface area (Å²) in [5.74, 6) is -0.957. The molecule has 1 heterocycles. The number of non-ortho nitro benzene ring substituents is 1.